The summed E-state index contributed by atoms with van der Waals surface area (Å²) in [4.78, 5) is 25.3. The number of nitrogens with one attached hydrogen (secondary N) is 2. The number of hydrogen-bond acceptors (Lipinski definition) is 5. The number of ether oxygens (including phenoxy) is 1. The third kappa shape index (κ3) is 3.51. The number of rotatable bonds is 4. The zero-order valence-electron chi connectivity index (χ0n) is 13.1. The Bertz CT molecular complexity index is 788. The topological polar surface area (TPSA) is 87.3 Å². The number of hydrogen-bond donors (Lipinski definition) is 2. The van der Waals surface area contributed by atoms with E-state index in [4.69, 9.17) is 16.3 Å². The van der Waals surface area contributed by atoms with Gasteiger partial charge < -0.3 is 15.0 Å². The van der Waals surface area contributed by atoms with Crippen molar-refractivity contribution in [2.75, 3.05) is 25.1 Å². The lowest BCUT2D eigenvalue weighted by Gasteiger charge is -2.21. The number of aromatic nitrogens is 2. The van der Waals surface area contributed by atoms with Crippen molar-refractivity contribution < 1.29 is 9.53 Å². The van der Waals surface area contributed by atoms with Crippen molar-refractivity contribution in [3.8, 4) is 5.75 Å². The highest BCUT2D eigenvalue weighted by molar-refractivity contribution is 6.30. The molecule has 1 aromatic carbocycles. The Labute approximate surface area is 143 Å². The van der Waals surface area contributed by atoms with Crippen LogP contribution in [0.4, 0.5) is 5.69 Å². The highest BCUT2D eigenvalue weighted by Gasteiger charge is 2.26. The molecule has 1 aromatic heterocycles. The summed E-state index contributed by atoms with van der Waals surface area (Å²) in [5, 5.41) is 9.55. The first kappa shape index (κ1) is 16.3. The van der Waals surface area contributed by atoms with Gasteiger partial charge >= 0.3 is 0 Å². The summed E-state index contributed by atoms with van der Waals surface area (Å²) in [5.74, 6) is 0.435. The second-order valence-electron chi connectivity index (χ2n) is 5.53. The number of aromatic amines is 1. The first-order valence-electron chi connectivity index (χ1n) is 7.52. The molecule has 0 radical (unpaired) electrons. The predicted octanol–water partition coefficient (Wildman–Crippen LogP) is 1.44. The van der Waals surface area contributed by atoms with E-state index in [-0.39, 0.29) is 23.2 Å². The summed E-state index contributed by atoms with van der Waals surface area (Å²) in [6.07, 6.45) is 0.796. The normalized spacial score (nSPS) is 16.9. The van der Waals surface area contributed by atoms with Gasteiger partial charge in [-0.2, -0.15) is 5.10 Å². The minimum atomic E-state index is -0.341. The van der Waals surface area contributed by atoms with Crippen LogP contribution in [0.5, 0.6) is 5.75 Å². The summed E-state index contributed by atoms with van der Waals surface area (Å²) < 4.78 is 5.38. The van der Waals surface area contributed by atoms with Crippen molar-refractivity contribution in [1.29, 1.82) is 0 Å². The van der Waals surface area contributed by atoms with Crippen LogP contribution in [-0.2, 0) is 0 Å². The number of carbonyl (C=O) groups is 1. The largest absolute Gasteiger partial charge is 0.495 e. The zero-order chi connectivity index (χ0) is 17.1. The molecule has 0 spiro atoms. The molecule has 1 fully saturated rings. The van der Waals surface area contributed by atoms with E-state index in [0.717, 1.165) is 24.4 Å². The minimum absolute atomic E-state index is 0.0186. The highest BCUT2D eigenvalue weighted by atomic mass is 35.5. The molecule has 0 aliphatic carbocycles. The van der Waals surface area contributed by atoms with Crippen LogP contribution in [0.15, 0.2) is 35.1 Å². The van der Waals surface area contributed by atoms with Crippen LogP contribution in [-0.4, -0.2) is 42.3 Å². The number of nitrogens with zero attached hydrogens (tertiary/aromatic N) is 2. The van der Waals surface area contributed by atoms with Crippen molar-refractivity contribution in [3.63, 3.8) is 0 Å². The first-order valence-corrected chi connectivity index (χ1v) is 7.89. The van der Waals surface area contributed by atoms with Crippen molar-refractivity contribution in [2.45, 2.75) is 12.5 Å². The smallest absolute Gasteiger partial charge is 0.271 e. The maximum Gasteiger partial charge on any atom is 0.271 e. The number of carbonyl (C=O) groups excluding carboxylic acids is 1. The Morgan fingerprint density at radius 3 is 2.96 bits per heavy atom. The molecular weight excluding hydrogens is 332 g/mol. The molecule has 1 amide bonds. The van der Waals surface area contributed by atoms with Crippen LogP contribution in [0, 0.1) is 0 Å². The van der Waals surface area contributed by atoms with Crippen molar-refractivity contribution in [1.82, 2.24) is 15.5 Å². The number of methoxy groups -OCH3 is 1. The molecule has 1 aliphatic heterocycles. The van der Waals surface area contributed by atoms with Crippen LogP contribution in [0.25, 0.3) is 0 Å². The number of anilines is 1. The van der Waals surface area contributed by atoms with Crippen LogP contribution >= 0.6 is 11.6 Å². The van der Waals surface area contributed by atoms with Gasteiger partial charge in [-0.05, 0) is 30.7 Å². The molecule has 0 bridgehead atoms. The molecule has 2 N–H and O–H groups in total. The highest BCUT2D eigenvalue weighted by Crippen LogP contribution is 2.33. The third-order valence-corrected chi connectivity index (χ3v) is 4.15. The lowest BCUT2D eigenvalue weighted by molar-refractivity contribution is 0.0934. The standard InChI is InChI=1S/C16H17ClN4O3/c1-24-14-4-2-10(17)8-13(14)21-7-6-11(9-21)18-16(23)12-3-5-15(22)20-19-12/h2-5,8,11H,6-7,9H2,1H3,(H,18,23)(H,20,22). The van der Waals surface area contributed by atoms with Crippen molar-refractivity contribution >= 4 is 23.2 Å². The van der Waals surface area contributed by atoms with E-state index in [2.05, 4.69) is 20.4 Å². The summed E-state index contributed by atoms with van der Waals surface area (Å²) in [6, 6.07) is 8.12. The number of amides is 1. The zero-order valence-corrected chi connectivity index (χ0v) is 13.8. The number of halogens is 1. The van der Waals surface area contributed by atoms with E-state index in [1.165, 1.54) is 12.1 Å². The molecule has 126 valence electrons. The van der Waals surface area contributed by atoms with Gasteiger partial charge in [-0.25, -0.2) is 5.10 Å². The molecule has 3 rings (SSSR count). The fourth-order valence-electron chi connectivity index (χ4n) is 2.74. The molecule has 8 heteroatoms. The third-order valence-electron chi connectivity index (χ3n) is 3.92. The van der Waals surface area contributed by atoms with Gasteiger partial charge in [0.15, 0.2) is 0 Å². The van der Waals surface area contributed by atoms with E-state index < -0.39 is 0 Å². The van der Waals surface area contributed by atoms with Gasteiger partial charge in [-0.1, -0.05) is 11.6 Å². The van der Waals surface area contributed by atoms with Crippen LogP contribution in [0.3, 0.4) is 0 Å². The lowest BCUT2D eigenvalue weighted by Crippen LogP contribution is -2.37. The Kier molecular flexibility index (Phi) is 4.71. The quantitative estimate of drug-likeness (QED) is 0.873. The predicted molar refractivity (Wildman–Crippen MR) is 90.9 cm³/mol. The summed E-state index contributed by atoms with van der Waals surface area (Å²) >= 11 is 6.08. The summed E-state index contributed by atoms with van der Waals surface area (Å²) in [7, 11) is 1.61. The summed E-state index contributed by atoms with van der Waals surface area (Å²) in [5.41, 5.74) is 0.754. The van der Waals surface area contributed by atoms with Gasteiger partial charge in [0.05, 0.1) is 12.8 Å². The van der Waals surface area contributed by atoms with Gasteiger partial charge in [0.2, 0.25) is 0 Å². The molecule has 1 unspecified atom stereocenters. The Morgan fingerprint density at radius 2 is 2.25 bits per heavy atom. The van der Waals surface area contributed by atoms with Gasteiger partial charge in [0, 0.05) is 30.2 Å². The Hall–Kier alpha value is -2.54. The number of benzene rings is 1. The van der Waals surface area contributed by atoms with Crippen molar-refractivity contribution in [2.24, 2.45) is 0 Å². The van der Waals surface area contributed by atoms with Gasteiger partial charge in [0.25, 0.3) is 11.5 Å². The monoisotopic (exact) mass is 348 g/mol. The lowest BCUT2D eigenvalue weighted by atomic mass is 10.2. The second-order valence-corrected chi connectivity index (χ2v) is 5.96. The maximum atomic E-state index is 12.2. The van der Waals surface area contributed by atoms with E-state index in [0.29, 0.717) is 11.6 Å². The van der Waals surface area contributed by atoms with E-state index in [1.54, 1.807) is 13.2 Å². The molecule has 0 saturated carbocycles. The SMILES string of the molecule is COc1ccc(Cl)cc1N1CCC(NC(=O)c2ccc(=O)[nH]n2)C1. The first-order chi connectivity index (χ1) is 11.6. The Morgan fingerprint density at radius 1 is 1.42 bits per heavy atom. The molecule has 24 heavy (non-hydrogen) atoms. The van der Waals surface area contributed by atoms with Gasteiger partial charge in [-0.3, -0.25) is 9.59 Å². The molecular formula is C16H17ClN4O3. The molecule has 7 nitrogen and oxygen atoms in total. The fraction of sp³-hybridized carbons (Fsp3) is 0.312. The van der Waals surface area contributed by atoms with E-state index >= 15 is 0 Å². The van der Waals surface area contributed by atoms with Gasteiger partial charge in [-0.15, -0.1) is 0 Å². The van der Waals surface area contributed by atoms with Crippen LogP contribution in [0.1, 0.15) is 16.9 Å². The molecule has 2 aromatic rings. The maximum absolute atomic E-state index is 12.2. The van der Waals surface area contributed by atoms with E-state index in [1.807, 2.05) is 12.1 Å². The average molecular weight is 349 g/mol. The molecule has 2 heterocycles. The van der Waals surface area contributed by atoms with Crippen LogP contribution in [0.2, 0.25) is 5.02 Å². The molecule has 1 saturated heterocycles. The second kappa shape index (κ2) is 6.92. The summed E-state index contributed by atoms with van der Waals surface area (Å²) in [6.45, 7) is 1.42. The average Bonchev–Trinajstić information content (AvgIpc) is 3.03. The van der Waals surface area contributed by atoms with Crippen molar-refractivity contribution in [3.05, 3.63) is 51.4 Å². The minimum Gasteiger partial charge on any atom is -0.495 e. The molecule has 1 aliphatic rings. The van der Waals surface area contributed by atoms with Crippen LogP contribution < -0.4 is 20.5 Å². The molecule has 1 atom stereocenters. The fourth-order valence-corrected chi connectivity index (χ4v) is 2.90. The Balaban J connectivity index is 1.67. The number of H-pyrrole nitrogens is 1. The van der Waals surface area contributed by atoms with Gasteiger partial charge in [0.1, 0.15) is 11.4 Å². The van der Waals surface area contributed by atoms with E-state index in [9.17, 15) is 9.59 Å².